The van der Waals surface area contributed by atoms with Crippen LogP contribution >= 0.6 is 15.9 Å². The third kappa shape index (κ3) is 2.73. The number of hydrogen-bond acceptors (Lipinski definition) is 2. The quantitative estimate of drug-likeness (QED) is 0.749. The van der Waals surface area contributed by atoms with Gasteiger partial charge in [0.1, 0.15) is 0 Å². The van der Waals surface area contributed by atoms with Crippen LogP contribution in [0.4, 0.5) is 0 Å². The molecule has 1 aromatic carbocycles. The maximum Gasteiger partial charge on any atom is 0.337 e. The van der Waals surface area contributed by atoms with E-state index in [2.05, 4.69) is 25.9 Å². The molecule has 21 heavy (non-hydrogen) atoms. The Morgan fingerprint density at radius 1 is 1.05 bits per heavy atom. The Hall–Kier alpha value is -2.40. The van der Waals surface area contributed by atoms with Crippen molar-refractivity contribution in [3.63, 3.8) is 0 Å². The summed E-state index contributed by atoms with van der Waals surface area (Å²) in [4.78, 5) is 18.6. The minimum Gasteiger partial charge on any atom is -0.478 e. The SMILES string of the molecule is O=C(O)c1cc(-c2ccncc2)[nH]c1-c1ccc(Br)cc1. The molecule has 104 valence electrons. The first-order valence-corrected chi connectivity index (χ1v) is 7.07. The number of aromatic amines is 1. The number of halogens is 1. The third-order valence-electron chi connectivity index (χ3n) is 3.17. The highest BCUT2D eigenvalue weighted by Crippen LogP contribution is 2.29. The van der Waals surface area contributed by atoms with Crippen molar-refractivity contribution in [2.75, 3.05) is 0 Å². The number of pyridine rings is 1. The number of rotatable bonds is 3. The van der Waals surface area contributed by atoms with E-state index in [1.807, 2.05) is 36.4 Å². The molecule has 0 aliphatic rings. The van der Waals surface area contributed by atoms with E-state index in [9.17, 15) is 9.90 Å². The number of H-pyrrole nitrogens is 1. The zero-order valence-electron chi connectivity index (χ0n) is 10.9. The summed E-state index contributed by atoms with van der Waals surface area (Å²) in [5.74, 6) is -0.954. The Bertz CT molecular complexity index is 780. The largest absolute Gasteiger partial charge is 0.478 e. The molecule has 0 amide bonds. The van der Waals surface area contributed by atoms with Crippen LogP contribution < -0.4 is 0 Å². The summed E-state index contributed by atoms with van der Waals surface area (Å²) in [7, 11) is 0. The number of hydrogen-bond donors (Lipinski definition) is 2. The highest BCUT2D eigenvalue weighted by molar-refractivity contribution is 9.10. The first-order valence-electron chi connectivity index (χ1n) is 6.28. The molecule has 0 atom stereocenters. The average Bonchev–Trinajstić information content (AvgIpc) is 2.94. The first-order chi connectivity index (χ1) is 10.1. The van der Waals surface area contributed by atoms with Gasteiger partial charge in [-0.25, -0.2) is 4.79 Å². The standard InChI is InChI=1S/C16H11BrN2O2/c17-12-3-1-11(2-4-12)15-13(16(20)21)9-14(19-15)10-5-7-18-8-6-10/h1-9,19H,(H,20,21). The van der Waals surface area contributed by atoms with Gasteiger partial charge in [-0.05, 0) is 35.9 Å². The number of aromatic carboxylic acids is 1. The lowest BCUT2D eigenvalue weighted by Crippen LogP contribution is -1.96. The van der Waals surface area contributed by atoms with E-state index in [4.69, 9.17) is 0 Å². The fraction of sp³-hybridized carbons (Fsp3) is 0. The minimum atomic E-state index is -0.954. The van der Waals surface area contributed by atoms with Crippen LogP contribution in [0.1, 0.15) is 10.4 Å². The van der Waals surface area contributed by atoms with Crippen LogP contribution in [0.3, 0.4) is 0 Å². The van der Waals surface area contributed by atoms with Gasteiger partial charge >= 0.3 is 5.97 Å². The predicted molar refractivity (Wildman–Crippen MR) is 84.1 cm³/mol. The molecule has 3 rings (SSSR count). The summed E-state index contributed by atoms with van der Waals surface area (Å²) < 4.78 is 0.948. The van der Waals surface area contributed by atoms with E-state index in [0.717, 1.165) is 21.3 Å². The van der Waals surface area contributed by atoms with E-state index in [0.29, 0.717) is 5.69 Å². The van der Waals surface area contributed by atoms with Crippen LogP contribution in [0.25, 0.3) is 22.5 Å². The van der Waals surface area contributed by atoms with Crippen molar-refractivity contribution in [2.24, 2.45) is 0 Å². The summed E-state index contributed by atoms with van der Waals surface area (Å²) in [6.07, 6.45) is 3.35. The third-order valence-corrected chi connectivity index (χ3v) is 3.70. The maximum absolute atomic E-state index is 11.5. The molecule has 0 aliphatic heterocycles. The van der Waals surface area contributed by atoms with Crippen molar-refractivity contribution in [2.45, 2.75) is 0 Å². The smallest absolute Gasteiger partial charge is 0.337 e. The van der Waals surface area contributed by atoms with Crippen LogP contribution in [0.5, 0.6) is 0 Å². The number of carboxylic acids is 1. The number of aromatic nitrogens is 2. The normalized spacial score (nSPS) is 10.5. The van der Waals surface area contributed by atoms with Crippen molar-refractivity contribution in [3.05, 3.63) is 64.9 Å². The van der Waals surface area contributed by atoms with Gasteiger partial charge in [0.2, 0.25) is 0 Å². The van der Waals surface area contributed by atoms with Crippen molar-refractivity contribution < 1.29 is 9.90 Å². The summed E-state index contributed by atoms with van der Waals surface area (Å²) in [6.45, 7) is 0. The van der Waals surface area contributed by atoms with Gasteiger partial charge in [0.05, 0.1) is 11.3 Å². The molecule has 0 saturated heterocycles. The Labute approximate surface area is 129 Å². The van der Waals surface area contributed by atoms with Crippen LogP contribution in [-0.4, -0.2) is 21.0 Å². The number of carbonyl (C=O) groups is 1. The van der Waals surface area contributed by atoms with Gasteiger partial charge in [-0.15, -0.1) is 0 Å². The highest BCUT2D eigenvalue weighted by Gasteiger charge is 2.16. The van der Waals surface area contributed by atoms with Gasteiger partial charge in [-0.1, -0.05) is 28.1 Å². The topological polar surface area (TPSA) is 66.0 Å². The average molecular weight is 343 g/mol. The Morgan fingerprint density at radius 2 is 1.71 bits per heavy atom. The Morgan fingerprint density at radius 3 is 2.33 bits per heavy atom. The summed E-state index contributed by atoms with van der Waals surface area (Å²) >= 11 is 3.37. The van der Waals surface area contributed by atoms with Gasteiger partial charge in [0.25, 0.3) is 0 Å². The predicted octanol–water partition coefficient (Wildman–Crippen LogP) is 4.20. The van der Waals surface area contributed by atoms with Gasteiger partial charge in [0, 0.05) is 28.1 Å². The second-order valence-electron chi connectivity index (χ2n) is 4.52. The number of benzene rings is 1. The van der Waals surface area contributed by atoms with E-state index >= 15 is 0 Å². The number of nitrogens with one attached hydrogen (secondary N) is 1. The van der Waals surface area contributed by atoms with Gasteiger partial charge < -0.3 is 10.1 Å². The zero-order valence-corrected chi connectivity index (χ0v) is 12.5. The summed E-state index contributed by atoms with van der Waals surface area (Å²) in [5.41, 5.74) is 3.34. The number of nitrogens with zero attached hydrogens (tertiary/aromatic N) is 1. The molecule has 0 radical (unpaired) electrons. The molecule has 0 bridgehead atoms. The second-order valence-corrected chi connectivity index (χ2v) is 5.44. The maximum atomic E-state index is 11.5. The first kappa shape index (κ1) is 13.6. The Kier molecular flexibility index (Phi) is 3.58. The zero-order chi connectivity index (χ0) is 14.8. The van der Waals surface area contributed by atoms with E-state index in [1.165, 1.54) is 0 Å². The van der Waals surface area contributed by atoms with Crippen LogP contribution in [0.15, 0.2) is 59.3 Å². The fourth-order valence-corrected chi connectivity index (χ4v) is 2.42. The lowest BCUT2D eigenvalue weighted by Gasteiger charge is -2.01. The molecule has 0 unspecified atom stereocenters. The second kappa shape index (κ2) is 5.54. The van der Waals surface area contributed by atoms with Gasteiger partial charge in [0.15, 0.2) is 0 Å². The molecule has 0 spiro atoms. The molecule has 2 N–H and O–H groups in total. The highest BCUT2D eigenvalue weighted by atomic mass is 79.9. The Balaban J connectivity index is 2.14. The minimum absolute atomic E-state index is 0.254. The van der Waals surface area contributed by atoms with Crippen LogP contribution in [0, 0.1) is 0 Å². The van der Waals surface area contributed by atoms with Crippen LogP contribution in [-0.2, 0) is 0 Å². The van der Waals surface area contributed by atoms with Gasteiger partial charge in [-0.3, -0.25) is 4.98 Å². The molecule has 5 heteroatoms. The van der Waals surface area contributed by atoms with E-state index in [1.54, 1.807) is 18.5 Å². The molecule has 0 aliphatic carbocycles. The lowest BCUT2D eigenvalue weighted by molar-refractivity contribution is 0.0698. The summed E-state index contributed by atoms with van der Waals surface area (Å²) in [6, 6.07) is 12.8. The number of carboxylic acid groups (broad SMARTS) is 1. The lowest BCUT2D eigenvalue weighted by atomic mass is 10.1. The van der Waals surface area contributed by atoms with Crippen molar-refractivity contribution in [1.29, 1.82) is 0 Å². The fourth-order valence-electron chi connectivity index (χ4n) is 2.15. The molecular formula is C16H11BrN2O2. The molecule has 2 heterocycles. The molecule has 3 aromatic rings. The van der Waals surface area contributed by atoms with Crippen molar-refractivity contribution in [3.8, 4) is 22.5 Å². The molecule has 0 fully saturated rings. The molecular weight excluding hydrogens is 332 g/mol. The van der Waals surface area contributed by atoms with Crippen molar-refractivity contribution in [1.82, 2.24) is 9.97 Å². The monoisotopic (exact) mass is 342 g/mol. The van der Waals surface area contributed by atoms with Crippen molar-refractivity contribution >= 4 is 21.9 Å². The molecule has 0 saturated carbocycles. The van der Waals surface area contributed by atoms with Gasteiger partial charge in [-0.2, -0.15) is 0 Å². The molecule has 2 aromatic heterocycles. The van der Waals surface area contributed by atoms with Crippen LogP contribution in [0.2, 0.25) is 0 Å². The van der Waals surface area contributed by atoms with E-state index < -0.39 is 5.97 Å². The van der Waals surface area contributed by atoms with E-state index in [-0.39, 0.29) is 5.56 Å². The summed E-state index contributed by atoms with van der Waals surface area (Å²) in [5, 5.41) is 9.40. The molecule has 4 nitrogen and oxygen atoms in total.